The summed E-state index contributed by atoms with van der Waals surface area (Å²) in [6.45, 7) is 2.75. The van der Waals surface area contributed by atoms with Crippen molar-refractivity contribution in [3.63, 3.8) is 0 Å². The van der Waals surface area contributed by atoms with Gasteiger partial charge in [-0.15, -0.1) is 0 Å². The largest absolute Gasteiger partial charge is 0.378 e. The van der Waals surface area contributed by atoms with Gasteiger partial charge in [0.2, 0.25) is 5.91 Å². The molecule has 1 amide bonds. The summed E-state index contributed by atoms with van der Waals surface area (Å²) in [6.07, 6.45) is 0.798. The zero-order chi connectivity index (χ0) is 11.7. The Morgan fingerprint density at radius 3 is 2.82 bits per heavy atom. The Kier molecular flexibility index (Phi) is 2.73. The number of benzene rings is 1. The van der Waals surface area contributed by atoms with Crippen LogP contribution in [0, 0.1) is 0 Å². The fourth-order valence-electron chi connectivity index (χ4n) is 2.45. The number of carbonyl (C=O) groups excluding carboxylic acids is 1. The van der Waals surface area contributed by atoms with Gasteiger partial charge in [0.05, 0.1) is 13.2 Å². The van der Waals surface area contributed by atoms with Gasteiger partial charge in [-0.05, 0) is 11.6 Å². The molecule has 2 aliphatic heterocycles. The molecule has 3 rings (SSSR count). The molecule has 0 spiro atoms. The van der Waals surface area contributed by atoms with Gasteiger partial charge in [-0.3, -0.25) is 4.79 Å². The monoisotopic (exact) mass is 232 g/mol. The number of anilines is 1. The Hall–Kier alpha value is -1.55. The van der Waals surface area contributed by atoms with Crippen LogP contribution in [0.25, 0.3) is 0 Å². The Balaban J connectivity index is 1.69. The second kappa shape index (κ2) is 4.37. The number of nitrogens with one attached hydrogen (secondary N) is 1. The molecule has 90 valence electrons. The number of morpholine rings is 1. The highest BCUT2D eigenvalue weighted by Crippen LogP contribution is 2.26. The van der Waals surface area contributed by atoms with Crippen molar-refractivity contribution in [1.29, 1.82) is 0 Å². The van der Waals surface area contributed by atoms with E-state index in [1.54, 1.807) is 0 Å². The van der Waals surface area contributed by atoms with Gasteiger partial charge >= 0.3 is 0 Å². The molecule has 1 fully saturated rings. The maximum Gasteiger partial charge on any atom is 0.245 e. The van der Waals surface area contributed by atoms with Crippen molar-refractivity contribution in [2.45, 2.75) is 12.5 Å². The van der Waals surface area contributed by atoms with Gasteiger partial charge in [0.15, 0.2) is 0 Å². The first-order valence-corrected chi connectivity index (χ1v) is 6.05. The van der Waals surface area contributed by atoms with Crippen LogP contribution in [0.15, 0.2) is 24.3 Å². The smallest absolute Gasteiger partial charge is 0.245 e. The minimum Gasteiger partial charge on any atom is -0.378 e. The molecule has 0 saturated carbocycles. The molecule has 0 aromatic heterocycles. The van der Waals surface area contributed by atoms with Crippen LogP contribution in [-0.2, 0) is 16.0 Å². The van der Waals surface area contributed by atoms with Crippen LogP contribution in [0.1, 0.15) is 5.56 Å². The summed E-state index contributed by atoms with van der Waals surface area (Å²) < 4.78 is 5.26. The number of carbonyl (C=O) groups is 1. The van der Waals surface area contributed by atoms with Crippen molar-refractivity contribution in [2.75, 3.05) is 31.6 Å². The van der Waals surface area contributed by atoms with Crippen LogP contribution in [-0.4, -0.2) is 43.2 Å². The summed E-state index contributed by atoms with van der Waals surface area (Å²) in [6, 6.07) is 8.03. The van der Waals surface area contributed by atoms with Gasteiger partial charge in [0, 0.05) is 25.2 Å². The van der Waals surface area contributed by atoms with Gasteiger partial charge in [0.25, 0.3) is 0 Å². The molecule has 4 nitrogen and oxygen atoms in total. The third-order valence-corrected chi connectivity index (χ3v) is 3.39. The number of amides is 1. The van der Waals surface area contributed by atoms with Gasteiger partial charge < -0.3 is 15.0 Å². The minimum absolute atomic E-state index is 0.0921. The SMILES string of the molecule is O=C(C1Cc2ccccc2N1)N1CCOCC1. The molecule has 1 saturated heterocycles. The zero-order valence-corrected chi connectivity index (χ0v) is 9.69. The molecule has 0 bridgehead atoms. The number of hydrogen-bond acceptors (Lipinski definition) is 3. The van der Waals surface area contributed by atoms with E-state index in [1.165, 1.54) is 5.56 Å². The number of nitrogens with zero attached hydrogens (tertiary/aromatic N) is 1. The van der Waals surface area contributed by atoms with E-state index < -0.39 is 0 Å². The summed E-state index contributed by atoms with van der Waals surface area (Å²) >= 11 is 0. The van der Waals surface area contributed by atoms with Crippen molar-refractivity contribution >= 4 is 11.6 Å². The highest BCUT2D eigenvalue weighted by Gasteiger charge is 2.30. The Morgan fingerprint density at radius 1 is 1.29 bits per heavy atom. The number of para-hydroxylation sites is 1. The highest BCUT2D eigenvalue weighted by atomic mass is 16.5. The first kappa shape index (κ1) is 10.6. The van der Waals surface area contributed by atoms with Gasteiger partial charge in [-0.2, -0.15) is 0 Å². The first-order valence-electron chi connectivity index (χ1n) is 6.05. The third kappa shape index (κ3) is 2.00. The lowest BCUT2D eigenvalue weighted by atomic mass is 10.1. The van der Waals surface area contributed by atoms with E-state index in [0.717, 1.165) is 12.1 Å². The van der Waals surface area contributed by atoms with Crippen molar-refractivity contribution in [3.05, 3.63) is 29.8 Å². The van der Waals surface area contributed by atoms with E-state index in [-0.39, 0.29) is 11.9 Å². The van der Waals surface area contributed by atoms with E-state index in [1.807, 2.05) is 23.1 Å². The second-order valence-corrected chi connectivity index (χ2v) is 4.50. The van der Waals surface area contributed by atoms with Crippen molar-refractivity contribution in [1.82, 2.24) is 4.90 Å². The Morgan fingerprint density at radius 2 is 2.06 bits per heavy atom. The molecule has 0 aliphatic carbocycles. The lowest BCUT2D eigenvalue weighted by Crippen LogP contribution is -2.47. The fraction of sp³-hybridized carbons (Fsp3) is 0.462. The fourth-order valence-corrected chi connectivity index (χ4v) is 2.45. The summed E-state index contributed by atoms with van der Waals surface area (Å²) in [4.78, 5) is 14.2. The van der Waals surface area contributed by atoms with E-state index >= 15 is 0 Å². The molecule has 2 heterocycles. The van der Waals surface area contributed by atoms with Crippen molar-refractivity contribution < 1.29 is 9.53 Å². The molecule has 1 unspecified atom stereocenters. The van der Waals surface area contributed by atoms with E-state index in [4.69, 9.17) is 4.74 Å². The maximum absolute atomic E-state index is 12.3. The van der Waals surface area contributed by atoms with Crippen LogP contribution in [0.3, 0.4) is 0 Å². The maximum atomic E-state index is 12.3. The molecule has 1 atom stereocenters. The molecular weight excluding hydrogens is 216 g/mol. The average Bonchev–Trinajstić information content (AvgIpc) is 2.82. The third-order valence-electron chi connectivity index (χ3n) is 3.39. The molecule has 1 N–H and O–H groups in total. The zero-order valence-electron chi connectivity index (χ0n) is 9.69. The summed E-state index contributed by atoms with van der Waals surface area (Å²) in [5, 5.41) is 3.30. The van der Waals surface area contributed by atoms with Crippen LogP contribution in [0.2, 0.25) is 0 Å². The second-order valence-electron chi connectivity index (χ2n) is 4.50. The van der Waals surface area contributed by atoms with Crippen LogP contribution in [0.4, 0.5) is 5.69 Å². The van der Waals surface area contributed by atoms with E-state index in [0.29, 0.717) is 26.3 Å². The Labute approximate surface area is 101 Å². The molecule has 2 aliphatic rings. The normalized spacial score (nSPS) is 23.1. The molecule has 17 heavy (non-hydrogen) atoms. The molecule has 0 radical (unpaired) electrons. The lowest BCUT2D eigenvalue weighted by molar-refractivity contribution is -0.135. The van der Waals surface area contributed by atoms with E-state index in [2.05, 4.69) is 11.4 Å². The minimum atomic E-state index is -0.0921. The standard InChI is InChI=1S/C13H16N2O2/c16-13(15-5-7-17-8-6-15)12-9-10-3-1-2-4-11(10)14-12/h1-4,12,14H,5-9H2. The average molecular weight is 232 g/mol. The van der Waals surface area contributed by atoms with Crippen LogP contribution >= 0.6 is 0 Å². The lowest BCUT2D eigenvalue weighted by Gasteiger charge is -2.29. The van der Waals surface area contributed by atoms with Crippen LogP contribution < -0.4 is 5.32 Å². The summed E-state index contributed by atoms with van der Waals surface area (Å²) in [5.41, 5.74) is 2.33. The predicted octanol–water partition coefficient (Wildman–Crippen LogP) is 0.882. The highest BCUT2D eigenvalue weighted by molar-refractivity contribution is 5.87. The number of fused-ring (bicyclic) bond motifs is 1. The van der Waals surface area contributed by atoms with Crippen molar-refractivity contribution in [3.8, 4) is 0 Å². The molecule has 1 aromatic rings. The molecule has 1 aromatic carbocycles. The predicted molar refractivity (Wildman–Crippen MR) is 65.0 cm³/mol. The van der Waals surface area contributed by atoms with Crippen LogP contribution in [0.5, 0.6) is 0 Å². The summed E-state index contributed by atoms with van der Waals surface area (Å²) in [7, 11) is 0. The first-order chi connectivity index (χ1) is 8.34. The van der Waals surface area contributed by atoms with E-state index in [9.17, 15) is 4.79 Å². The van der Waals surface area contributed by atoms with Crippen molar-refractivity contribution in [2.24, 2.45) is 0 Å². The molecule has 4 heteroatoms. The van der Waals surface area contributed by atoms with Gasteiger partial charge in [-0.1, -0.05) is 18.2 Å². The molecular formula is C13H16N2O2. The summed E-state index contributed by atoms with van der Waals surface area (Å²) in [5.74, 6) is 0.199. The topological polar surface area (TPSA) is 41.6 Å². The number of ether oxygens (including phenoxy) is 1. The quantitative estimate of drug-likeness (QED) is 0.781. The number of rotatable bonds is 1. The van der Waals surface area contributed by atoms with Gasteiger partial charge in [0.1, 0.15) is 6.04 Å². The Bertz CT molecular complexity index is 402. The number of hydrogen-bond donors (Lipinski definition) is 1. The van der Waals surface area contributed by atoms with Gasteiger partial charge in [-0.25, -0.2) is 0 Å².